The van der Waals surface area contributed by atoms with Gasteiger partial charge in [-0.1, -0.05) is 81.8 Å². The molecule has 63 heavy (non-hydrogen) atoms. The van der Waals surface area contributed by atoms with Crippen molar-refractivity contribution in [1.82, 2.24) is 30.2 Å². The highest BCUT2D eigenvalue weighted by Gasteiger charge is 2.50. The fourth-order valence-electron chi connectivity index (χ4n) is 5.56. The van der Waals surface area contributed by atoms with Crippen LogP contribution in [0.15, 0.2) is 49.1 Å². The number of anilines is 1. The number of aliphatic hydroxyl groups excluding tert-OH is 2. The van der Waals surface area contributed by atoms with E-state index in [0.717, 1.165) is 41.8 Å². The topological polar surface area (TPSA) is 364 Å². The number of phosphoric acid groups is 3. The number of hydrogen-bond donors (Lipinski definition) is 9. The fourth-order valence-corrected chi connectivity index (χ4v) is 9.03. The maximum atomic E-state index is 12.7. The summed E-state index contributed by atoms with van der Waals surface area (Å²) in [5.41, 5.74) is 4.26. The summed E-state index contributed by atoms with van der Waals surface area (Å²) in [5.74, 6) is -1.13. The number of allylic oxidation sites excluding steroid dienone is 6. The third kappa shape index (κ3) is 19.0. The van der Waals surface area contributed by atoms with Crippen molar-refractivity contribution in [2.75, 3.05) is 37.8 Å². The van der Waals surface area contributed by atoms with E-state index >= 15 is 0 Å². The van der Waals surface area contributed by atoms with Crippen molar-refractivity contribution in [3.63, 3.8) is 0 Å². The van der Waals surface area contributed by atoms with Crippen LogP contribution in [-0.4, -0.2) is 123 Å². The number of amides is 2. The highest BCUT2D eigenvalue weighted by molar-refractivity contribution is 8.13. The molecular formula is C35H56N7O17P3S. The van der Waals surface area contributed by atoms with E-state index in [1.807, 2.05) is 18.2 Å². The number of carbonyl (C=O) groups is 3. The number of nitrogens with one attached hydrogen (secondary N) is 2. The molecule has 28 heteroatoms. The van der Waals surface area contributed by atoms with Gasteiger partial charge in [0, 0.05) is 37.1 Å². The number of hydrogen-bond acceptors (Lipinski definition) is 18. The molecule has 1 aliphatic heterocycles. The predicted molar refractivity (Wildman–Crippen MR) is 228 cm³/mol. The van der Waals surface area contributed by atoms with Crippen molar-refractivity contribution < 1.29 is 80.5 Å². The van der Waals surface area contributed by atoms with Crippen molar-refractivity contribution in [1.29, 1.82) is 0 Å². The van der Waals surface area contributed by atoms with Gasteiger partial charge in [-0.05, 0) is 19.3 Å². The number of aliphatic hydroxyl groups is 2. The zero-order valence-corrected chi connectivity index (χ0v) is 38.3. The second kappa shape index (κ2) is 25.5. The first-order valence-electron chi connectivity index (χ1n) is 19.6. The smallest absolute Gasteiger partial charge is 0.386 e. The van der Waals surface area contributed by atoms with Gasteiger partial charge in [0.1, 0.15) is 36.3 Å². The van der Waals surface area contributed by atoms with Crippen LogP contribution in [0.25, 0.3) is 11.2 Å². The summed E-state index contributed by atoms with van der Waals surface area (Å²) in [6, 6.07) is 0. The monoisotopic (exact) mass is 971 g/mol. The number of aromatic nitrogens is 4. The Morgan fingerprint density at radius 1 is 1.00 bits per heavy atom. The lowest BCUT2D eigenvalue weighted by Crippen LogP contribution is -2.46. The number of nitrogen functional groups attached to an aromatic ring is 1. The average Bonchev–Trinajstić information content (AvgIpc) is 3.76. The molecule has 2 aromatic heterocycles. The molecule has 10 N–H and O–H groups in total. The Bertz CT molecular complexity index is 2070. The van der Waals surface area contributed by atoms with Crippen LogP contribution in [0.2, 0.25) is 0 Å². The summed E-state index contributed by atoms with van der Waals surface area (Å²) < 4.78 is 62.3. The first-order valence-corrected chi connectivity index (χ1v) is 25.1. The van der Waals surface area contributed by atoms with E-state index in [0.29, 0.717) is 5.75 Å². The maximum absolute atomic E-state index is 12.7. The van der Waals surface area contributed by atoms with Crippen molar-refractivity contribution in [3.05, 3.63) is 49.1 Å². The first-order chi connectivity index (χ1) is 29.6. The van der Waals surface area contributed by atoms with E-state index in [1.165, 1.54) is 33.1 Å². The fraction of sp³-hybridized carbons (Fsp3) is 0.600. The molecule has 0 saturated carbocycles. The van der Waals surface area contributed by atoms with Crippen molar-refractivity contribution in [2.45, 2.75) is 96.4 Å². The lowest BCUT2D eigenvalue weighted by molar-refractivity contribution is -0.137. The van der Waals surface area contributed by atoms with Gasteiger partial charge >= 0.3 is 23.5 Å². The number of nitrogens with two attached hydrogens (primary N) is 1. The van der Waals surface area contributed by atoms with Crippen LogP contribution in [0, 0.1) is 5.41 Å². The molecule has 0 bridgehead atoms. The van der Waals surface area contributed by atoms with Gasteiger partial charge < -0.3 is 50.9 Å². The van der Waals surface area contributed by atoms with E-state index in [2.05, 4.69) is 53.5 Å². The van der Waals surface area contributed by atoms with Crippen LogP contribution in [0.5, 0.6) is 0 Å². The van der Waals surface area contributed by atoms with Crippen LogP contribution in [0.4, 0.5) is 5.82 Å². The highest BCUT2D eigenvalue weighted by Crippen LogP contribution is 2.61. The second-order valence-corrected chi connectivity index (χ2v) is 19.9. The van der Waals surface area contributed by atoms with Gasteiger partial charge in [-0.25, -0.2) is 28.6 Å². The standard InChI is InChI=1S/C35H56N7O17P3S/c1-4-5-6-7-8-9-10-11-12-13-14-15-26(44)63-19-18-37-25(43)16-17-38-33(47)30(46)35(2,3)21-56-62(53,54)59-61(51,52)55-20-24-29(58-60(48,49)50)28(45)34(57-24)42-23-41-27-31(36)39-22-40-32(27)42/h8-9,11-14,22-24,28-30,34,45-46H,4-7,10,15-21H2,1-3H3,(H,37,43)(H,38,47)(H,51,52)(H,53,54)(H2,36,39,40)(H2,48,49,50). The number of imidazole rings is 1. The molecule has 0 radical (unpaired) electrons. The van der Waals surface area contributed by atoms with E-state index in [1.54, 1.807) is 6.08 Å². The largest absolute Gasteiger partial charge is 0.481 e. The van der Waals surface area contributed by atoms with Crippen LogP contribution < -0.4 is 16.4 Å². The minimum Gasteiger partial charge on any atom is -0.386 e. The van der Waals surface area contributed by atoms with E-state index < -0.39 is 84.6 Å². The molecule has 0 aliphatic carbocycles. The van der Waals surface area contributed by atoms with E-state index in [9.17, 15) is 57.9 Å². The van der Waals surface area contributed by atoms with Gasteiger partial charge in [-0.3, -0.25) is 32.5 Å². The van der Waals surface area contributed by atoms with Crippen LogP contribution in [-0.2, 0) is 50.7 Å². The summed E-state index contributed by atoms with van der Waals surface area (Å²) in [4.78, 5) is 88.0. The average molecular weight is 972 g/mol. The summed E-state index contributed by atoms with van der Waals surface area (Å²) in [5, 5.41) is 26.4. The molecule has 7 atom stereocenters. The highest BCUT2D eigenvalue weighted by atomic mass is 32.2. The van der Waals surface area contributed by atoms with Crippen LogP contribution >= 0.6 is 35.2 Å². The molecule has 0 spiro atoms. The molecule has 1 aliphatic rings. The Kier molecular flexibility index (Phi) is 21.9. The molecule has 2 aromatic rings. The van der Waals surface area contributed by atoms with Gasteiger partial charge in [0.25, 0.3) is 0 Å². The van der Waals surface area contributed by atoms with E-state index in [4.69, 9.17) is 19.5 Å². The maximum Gasteiger partial charge on any atom is 0.481 e. The number of unbranched alkanes of at least 4 members (excludes halogenated alkanes) is 3. The van der Waals surface area contributed by atoms with Gasteiger partial charge in [-0.15, -0.1) is 0 Å². The lowest BCUT2D eigenvalue weighted by atomic mass is 9.87. The number of carbonyl (C=O) groups excluding carboxylic acids is 3. The summed E-state index contributed by atoms with van der Waals surface area (Å²) in [7, 11) is -16.4. The summed E-state index contributed by atoms with van der Waals surface area (Å²) >= 11 is 1.06. The number of ether oxygens (including phenoxy) is 1. The number of phosphoric ester groups is 3. The Labute approximate surface area is 367 Å². The predicted octanol–water partition coefficient (Wildman–Crippen LogP) is 2.69. The Morgan fingerprint density at radius 2 is 1.71 bits per heavy atom. The molecule has 0 aromatic carbocycles. The Balaban J connectivity index is 1.38. The number of thioether (sulfide) groups is 1. The molecule has 3 heterocycles. The minimum atomic E-state index is -5.58. The lowest BCUT2D eigenvalue weighted by Gasteiger charge is -2.30. The Hall–Kier alpha value is -3.22. The Morgan fingerprint density at radius 3 is 2.43 bits per heavy atom. The zero-order chi connectivity index (χ0) is 46.8. The summed E-state index contributed by atoms with van der Waals surface area (Å²) in [6.45, 7) is 2.65. The molecule has 1 fully saturated rings. The third-order valence-electron chi connectivity index (χ3n) is 8.85. The molecule has 354 valence electrons. The van der Waals surface area contributed by atoms with Crippen LogP contribution in [0.3, 0.4) is 0 Å². The van der Waals surface area contributed by atoms with Gasteiger partial charge in [-0.2, -0.15) is 4.31 Å². The molecule has 3 rings (SSSR count). The van der Waals surface area contributed by atoms with Crippen molar-refractivity contribution in [2.24, 2.45) is 5.41 Å². The third-order valence-corrected chi connectivity index (χ3v) is 12.8. The van der Waals surface area contributed by atoms with Gasteiger partial charge in [0.15, 0.2) is 22.8 Å². The zero-order valence-electron chi connectivity index (χ0n) is 34.8. The quantitative estimate of drug-likeness (QED) is 0.0256. The summed E-state index contributed by atoms with van der Waals surface area (Å²) in [6.07, 6.45) is 10.5. The van der Waals surface area contributed by atoms with Crippen molar-refractivity contribution >= 4 is 69.1 Å². The first kappa shape index (κ1) is 54.1. The number of rotatable bonds is 28. The molecule has 7 unspecified atom stereocenters. The number of fused-ring (bicyclic) bond motifs is 1. The molecule has 1 saturated heterocycles. The van der Waals surface area contributed by atoms with Gasteiger partial charge in [0.05, 0.1) is 19.5 Å². The van der Waals surface area contributed by atoms with Crippen molar-refractivity contribution in [3.8, 4) is 0 Å². The molecular weight excluding hydrogens is 915 g/mol. The molecule has 2 amide bonds. The normalized spacial score (nSPS) is 21.0. The SMILES string of the molecule is CCCCCC=CCC=CC=CCC(=O)SCCNC(=O)CCNC(=O)C(O)C(C)(C)COP(=O)(O)OP(=O)(O)OCC1OC(n2cnc3c(N)ncnc32)C(O)C1OP(=O)(O)O. The number of nitrogens with zero attached hydrogens (tertiary/aromatic N) is 4. The molecule has 24 nitrogen and oxygen atoms in total. The second-order valence-electron chi connectivity index (χ2n) is 14.6. The van der Waals surface area contributed by atoms with E-state index in [-0.39, 0.29) is 48.0 Å². The van der Waals surface area contributed by atoms with Gasteiger partial charge in [0.2, 0.25) is 11.8 Å². The van der Waals surface area contributed by atoms with Crippen LogP contribution in [0.1, 0.15) is 71.9 Å². The minimum absolute atomic E-state index is 0.0298.